The number of aliphatic imine (C=N–C) groups is 1. The number of rotatable bonds is 5. The topological polar surface area (TPSA) is 26.5 Å². The molecule has 0 fully saturated rings. The maximum atomic E-state index is 13.8. The number of nitrogens with zero attached hydrogens (tertiary/aromatic N) is 2. The first kappa shape index (κ1) is 14.8. The lowest BCUT2D eigenvalue weighted by molar-refractivity contribution is 0.281. The number of hydrogen-bond acceptors (Lipinski definition) is 2. The molecule has 0 spiro atoms. The van der Waals surface area contributed by atoms with E-state index in [1.54, 1.807) is 12.1 Å². The molecule has 3 nitrogen and oxygen atoms in total. The molecule has 0 amide bonds. The van der Waals surface area contributed by atoms with Crippen molar-refractivity contribution in [3.05, 3.63) is 59.7 Å². The lowest BCUT2D eigenvalue weighted by atomic mass is 10.0. The van der Waals surface area contributed by atoms with Crippen LogP contribution >= 0.6 is 0 Å². The third kappa shape index (κ3) is 2.91. The Morgan fingerprint density at radius 3 is 2.91 bits per heavy atom. The number of hydrogen-bond donors (Lipinski definition) is 0. The highest BCUT2D eigenvalue weighted by atomic mass is 19.1. The summed E-state index contributed by atoms with van der Waals surface area (Å²) >= 11 is 0. The van der Waals surface area contributed by atoms with Gasteiger partial charge in [0.15, 0.2) is 0 Å². The first-order chi connectivity index (χ1) is 10.7. The fraction of sp³-hybridized carbons (Fsp3) is 0.389. The van der Waals surface area contributed by atoms with Gasteiger partial charge in [-0.15, -0.1) is 0 Å². The maximum Gasteiger partial charge on any atom is 0.233 e. The van der Waals surface area contributed by atoms with Crippen molar-refractivity contribution >= 4 is 5.90 Å². The highest BCUT2D eigenvalue weighted by Gasteiger charge is 2.25. The minimum Gasteiger partial charge on any atom is -0.474 e. The van der Waals surface area contributed by atoms with E-state index in [2.05, 4.69) is 13.8 Å². The zero-order chi connectivity index (χ0) is 15.5. The molecule has 1 aliphatic heterocycles. The summed E-state index contributed by atoms with van der Waals surface area (Å²) in [5, 5.41) is 0. The van der Waals surface area contributed by atoms with Crippen molar-refractivity contribution in [1.82, 2.24) is 4.57 Å². The molecule has 0 saturated carbocycles. The molecule has 2 atom stereocenters. The molecule has 2 heterocycles. The smallest absolute Gasteiger partial charge is 0.233 e. The monoisotopic (exact) mass is 300 g/mol. The van der Waals surface area contributed by atoms with Gasteiger partial charge >= 0.3 is 0 Å². The van der Waals surface area contributed by atoms with Crippen molar-refractivity contribution < 1.29 is 9.13 Å². The minimum atomic E-state index is -0.186. The van der Waals surface area contributed by atoms with Crippen LogP contribution in [0.25, 0.3) is 0 Å². The lowest BCUT2D eigenvalue weighted by Gasteiger charge is -2.11. The zero-order valence-corrected chi connectivity index (χ0v) is 13.0. The fourth-order valence-corrected chi connectivity index (χ4v) is 2.65. The lowest BCUT2D eigenvalue weighted by Crippen LogP contribution is -2.16. The third-order valence-electron chi connectivity index (χ3n) is 4.32. The van der Waals surface area contributed by atoms with Crippen molar-refractivity contribution in [2.75, 3.05) is 6.61 Å². The SMILES string of the molecule is CC[C@H](C)[C@@H]1COC(c2cccn2Cc2ccccc2F)=N1. The van der Waals surface area contributed by atoms with Gasteiger partial charge in [-0.1, -0.05) is 38.5 Å². The Kier molecular flexibility index (Phi) is 4.27. The van der Waals surface area contributed by atoms with E-state index in [0.717, 1.165) is 12.1 Å². The van der Waals surface area contributed by atoms with Crippen LogP contribution in [0.2, 0.25) is 0 Å². The number of aromatic nitrogens is 1. The van der Waals surface area contributed by atoms with Crippen LogP contribution in [-0.4, -0.2) is 23.1 Å². The summed E-state index contributed by atoms with van der Waals surface area (Å²) in [5.74, 6) is 0.994. The van der Waals surface area contributed by atoms with E-state index in [1.165, 1.54) is 6.07 Å². The van der Waals surface area contributed by atoms with Gasteiger partial charge in [-0.05, 0) is 24.1 Å². The van der Waals surface area contributed by atoms with Gasteiger partial charge < -0.3 is 9.30 Å². The summed E-state index contributed by atoms with van der Waals surface area (Å²) in [6, 6.07) is 11.0. The summed E-state index contributed by atoms with van der Waals surface area (Å²) in [6.07, 6.45) is 3.02. The summed E-state index contributed by atoms with van der Waals surface area (Å²) in [6.45, 7) is 5.47. The van der Waals surface area contributed by atoms with E-state index >= 15 is 0 Å². The van der Waals surface area contributed by atoms with Gasteiger partial charge in [0.25, 0.3) is 0 Å². The predicted octanol–water partition coefficient (Wildman–Crippen LogP) is 3.87. The standard InChI is InChI=1S/C18H21FN2O/c1-3-13(2)16-12-22-18(20-16)17-9-6-10-21(17)11-14-7-4-5-8-15(14)19/h4-10,13,16H,3,11-12H2,1-2H3/t13-,16-/m0/s1. The normalized spacial score (nSPS) is 18.9. The van der Waals surface area contributed by atoms with Crippen molar-refractivity contribution in [3.63, 3.8) is 0 Å². The van der Waals surface area contributed by atoms with Gasteiger partial charge in [0, 0.05) is 11.8 Å². The van der Waals surface area contributed by atoms with E-state index < -0.39 is 0 Å². The minimum absolute atomic E-state index is 0.186. The van der Waals surface area contributed by atoms with Crippen molar-refractivity contribution in [2.45, 2.75) is 32.9 Å². The third-order valence-corrected chi connectivity index (χ3v) is 4.32. The van der Waals surface area contributed by atoms with Crippen LogP contribution < -0.4 is 0 Å². The summed E-state index contributed by atoms with van der Waals surface area (Å²) in [5.41, 5.74) is 1.58. The van der Waals surface area contributed by atoms with Crippen LogP contribution in [0.4, 0.5) is 4.39 Å². The summed E-state index contributed by atoms with van der Waals surface area (Å²) in [7, 11) is 0. The molecule has 0 saturated heterocycles. The van der Waals surface area contributed by atoms with E-state index in [1.807, 2.05) is 29.0 Å². The van der Waals surface area contributed by atoms with Gasteiger partial charge in [-0.3, -0.25) is 0 Å². The molecule has 0 unspecified atom stereocenters. The zero-order valence-electron chi connectivity index (χ0n) is 13.0. The van der Waals surface area contributed by atoms with E-state index in [0.29, 0.717) is 30.5 Å². The second kappa shape index (κ2) is 6.34. The Hall–Kier alpha value is -2.10. The molecule has 3 rings (SSSR count). The van der Waals surface area contributed by atoms with Crippen LogP contribution in [0.5, 0.6) is 0 Å². The first-order valence-electron chi connectivity index (χ1n) is 7.78. The second-order valence-electron chi connectivity index (χ2n) is 5.81. The van der Waals surface area contributed by atoms with Gasteiger partial charge in [0.1, 0.15) is 18.1 Å². The van der Waals surface area contributed by atoms with Gasteiger partial charge in [0.2, 0.25) is 5.90 Å². The molecule has 1 aromatic heterocycles. The molecular formula is C18H21FN2O. The quantitative estimate of drug-likeness (QED) is 0.823. The van der Waals surface area contributed by atoms with Crippen molar-refractivity contribution in [3.8, 4) is 0 Å². The number of benzene rings is 1. The fourth-order valence-electron chi connectivity index (χ4n) is 2.65. The molecule has 1 aromatic carbocycles. The average Bonchev–Trinajstić information content (AvgIpc) is 3.17. The molecular weight excluding hydrogens is 279 g/mol. The first-order valence-corrected chi connectivity index (χ1v) is 7.78. The highest BCUT2D eigenvalue weighted by molar-refractivity contribution is 5.93. The second-order valence-corrected chi connectivity index (χ2v) is 5.81. The predicted molar refractivity (Wildman–Crippen MR) is 85.7 cm³/mol. The van der Waals surface area contributed by atoms with Crippen molar-refractivity contribution in [1.29, 1.82) is 0 Å². The number of ether oxygens (including phenoxy) is 1. The molecule has 0 N–H and O–H groups in total. The largest absolute Gasteiger partial charge is 0.474 e. The Labute approximate surface area is 130 Å². The summed E-state index contributed by atoms with van der Waals surface area (Å²) < 4.78 is 21.6. The molecule has 2 aromatic rings. The van der Waals surface area contributed by atoms with Crippen LogP contribution in [0.1, 0.15) is 31.5 Å². The van der Waals surface area contributed by atoms with E-state index in [4.69, 9.17) is 9.73 Å². The van der Waals surface area contributed by atoms with E-state index in [9.17, 15) is 4.39 Å². The van der Waals surface area contributed by atoms with Crippen LogP contribution in [0, 0.1) is 11.7 Å². The van der Waals surface area contributed by atoms with Crippen LogP contribution in [-0.2, 0) is 11.3 Å². The van der Waals surface area contributed by atoms with Crippen molar-refractivity contribution in [2.24, 2.45) is 10.9 Å². The maximum absolute atomic E-state index is 13.8. The van der Waals surface area contributed by atoms with Crippen LogP contribution in [0.15, 0.2) is 47.6 Å². The van der Waals surface area contributed by atoms with E-state index in [-0.39, 0.29) is 11.9 Å². The number of halogens is 1. The van der Waals surface area contributed by atoms with Crippen LogP contribution in [0.3, 0.4) is 0 Å². The average molecular weight is 300 g/mol. The molecule has 116 valence electrons. The molecule has 22 heavy (non-hydrogen) atoms. The Bertz CT molecular complexity index is 677. The molecule has 1 aliphatic rings. The Balaban J connectivity index is 1.83. The Morgan fingerprint density at radius 1 is 1.32 bits per heavy atom. The highest BCUT2D eigenvalue weighted by Crippen LogP contribution is 2.21. The van der Waals surface area contributed by atoms with Gasteiger partial charge in [-0.25, -0.2) is 9.38 Å². The van der Waals surface area contributed by atoms with Gasteiger partial charge in [-0.2, -0.15) is 0 Å². The van der Waals surface area contributed by atoms with Gasteiger partial charge in [0.05, 0.1) is 12.6 Å². The molecule has 0 aliphatic carbocycles. The molecule has 0 bridgehead atoms. The Morgan fingerprint density at radius 2 is 2.14 bits per heavy atom. The molecule has 4 heteroatoms. The molecule has 0 radical (unpaired) electrons. The summed E-state index contributed by atoms with van der Waals surface area (Å²) in [4.78, 5) is 4.71.